The van der Waals surface area contributed by atoms with Gasteiger partial charge < -0.3 is 11.1 Å². The number of thiazole rings is 1. The van der Waals surface area contributed by atoms with Gasteiger partial charge >= 0.3 is 5.69 Å². The second-order valence-electron chi connectivity index (χ2n) is 6.09. The van der Waals surface area contributed by atoms with Crippen molar-refractivity contribution in [1.82, 2.24) is 14.1 Å². The second kappa shape index (κ2) is 7.17. The topological polar surface area (TPSA) is 94.9 Å². The summed E-state index contributed by atoms with van der Waals surface area (Å²) >= 11 is 1.38. The fourth-order valence-electron chi connectivity index (χ4n) is 2.67. The molecule has 136 valence electrons. The number of aryl methyl sites for hydroxylation is 1. The lowest BCUT2D eigenvalue weighted by Gasteiger charge is -2.13. The number of rotatable bonds is 5. The molecule has 8 heteroatoms. The highest BCUT2D eigenvalue weighted by Crippen LogP contribution is 2.28. The van der Waals surface area contributed by atoms with Crippen molar-refractivity contribution < 1.29 is 0 Å². The Balaban J connectivity index is 2.02. The van der Waals surface area contributed by atoms with Gasteiger partial charge in [0.25, 0.3) is 5.56 Å². The van der Waals surface area contributed by atoms with Crippen LogP contribution in [0.25, 0.3) is 11.3 Å². The molecule has 0 spiro atoms. The van der Waals surface area contributed by atoms with Gasteiger partial charge in [-0.2, -0.15) is 0 Å². The SMILES string of the molecule is CCCn1c(N)c(-c2csc(Nc3ccc(C)cc3)n2)c(=O)n(C)c1=O. The number of nitrogens with one attached hydrogen (secondary N) is 1. The summed E-state index contributed by atoms with van der Waals surface area (Å²) in [5.74, 6) is 0.159. The largest absolute Gasteiger partial charge is 0.384 e. The summed E-state index contributed by atoms with van der Waals surface area (Å²) in [5.41, 5.74) is 8.10. The normalized spacial score (nSPS) is 10.9. The Kier molecular flexibility index (Phi) is 4.94. The molecule has 0 unspecified atom stereocenters. The number of nitrogens with two attached hydrogens (primary N) is 1. The average Bonchev–Trinajstić information content (AvgIpc) is 3.07. The third-order valence-electron chi connectivity index (χ3n) is 4.09. The monoisotopic (exact) mass is 371 g/mol. The lowest BCUT2D eigenvalue weighted by Crippen LogP contribution is -2.40. The standard InChI is InChI=1S/C18H21N5O2S/c1-4-9-23-15(19)14(16(24)22(3)18(23)25)13-10-26-17(21-13)20-12-7-5-11(2)6-8-12/h5-8,10H,4,9,19H2,1-3H3,(H,20,21). The molecule has 0 fully saturated rings. The van der Waals surface area contributed by atoms with E-state index < -0.39 is 11.2 Å². The zero-order valence-electron chi connectivity index (χ0n) is 14.9. The van der Waals surface area contributed by atoms with Crippen LogP contribution in [0, 0.1) is 6.92 Å². The molecular weight excluding hydrogens is 350 g/mol. The summed E-state index contributed by atoms with van der Waals surface area (Å²) in [6, 6.07) is 7.94. The van der Waals surface area contributed by atoms with E-state index in [9.17, 15) is 9.59 Å². The molecule has 26 heavy (non-hydrogen) atoms. The van der Waals surface area contributed by atoms with Crippen LogP contribution >= 0.6 is 11.3 Å². The van der Waals surface area contributed by atoms with Crippen LogP contribution in [0.2, 0.25) is 0 Å². The Bertz CT molecular complexity index is 1050. The van der Waals surface area contributed by atoms with Gasteiger partial charge in [0.2, 0.25) is 0 Å². The fourth-order valence-corrected chi connectivity index (χ4v) is 3.39. The van der Waals surface area contributed by atoms with Crippen LogP contribution in [0.4, 0.5) is 16.6 Å². The molecule has 0 aliphatic rings. The second-order valence-corrected chi connectivity index (χ2v) is 6.95. The quantitative estimate of drug-likeness (QED) is 0.719. The van der Waals surface area contributed by atoms with Gasteiger partial charge in [-0.05, 0) is 25.5 Å². The van der Waals surface area contributed by atoms with Gasteiger partial charge in [-0.25, -0.2) is 9.78 Å². The molecule has 0 saturated heterocycles. The van der Waals surface area contributed by atoms with Crippen LogP contribution in [-0.4, -0.2) is 14.1 Å². The van der Waals surface area contributed by atoms with Crippen molar-refractivity contribution in [3.8, 4) is 11.3 Å². The van der Waals surface area contributed by atoms with Gasteiger partial charge in [0, 0.05) is 24.7 Å². The number of nitrogens with zero attached hydrogens (tertiary/aromatic N) is 3. The first-order valence-electron chi connectivity index (χ1n) is 8.31. The predicted octanol–water partition coefficient (Wildman–Crippen LogP) is 2.71. The van der Waals surface area contributed by atoms with Crippen LogP contribution in [-0.2, 0) is 13.6 Å². The minimum absolute atomic E-state index is 0.159. The molecule has 2 heterocycles. The van der Waals surface area contributed by atoms with Crippen LogP contribution in [0.15, 0.2) is 39.2 Å². The molecule has 1 aromatic carbocycles. The van der Waals surface area contributed by atoms with Crippen molar-refractivity contribution in [2.75, 3.05) is 11.1 Å². The maximum atomic E-state index is 12.6. The zero-order chi connectivity index (χ0) is 18.8. The Morgan fingerprint density at radius 1 is 1.23 bits per heavy atom. The maximum Gasteiger partial charge on any atom is 0.332 e. The molecule has 0 amide bonds. The highest BCUT2D eigenvalue weighted by atomic mass is 32.1. The lowest BCUT2D eigenvalue weighted by molar-refractivity contribution is 0.600. The molecular formula is C18H21N5O2S. The maximum absolute atomic E-state index is 12.6. The van der Waals surface area contributed by atoms with Crippen LogP contribution in [0.1, 0.15) is 18.9 Å². The van der Waals surface area contributed by atoms with Gasteiger partial charge in [-0.15, -0.1) is 11.3 Å². The molecule has 3 aromatic rings. The van der Waals surface area contributed by atoms with Crippen molar-refractivity contribution in [2.24, 2.45) is 7.05 Å². The van der Waals surface area contributed by atoms with E-state index >= 15 is 0 Å². The van der Waals surface area contributed by atoms with Crippen LogP contribution in [0.3, 0.4) is 0 Å². The van der Waals surface area contributed by atoms with Crippen molar-refractivity contribution in [3.05, 3.63) is 56.0 Å². The Morgan fingerprint density at radius 3 is 2.58 bits per heavy atom. The van der Waals surface area contributed by atoms with Gasteiger partial charge in [-0.3, -0.25) is 13.9 Å². The minimum Gasteiger partial charge on any atom is -0.384 e. The van der Waals surface area contributed by atoms with Crippen molar-refractivity contribution in [1.29, 1.82) is 0 Å². The molecule has 0 saturated carbocycles. The molecule has 3 rings (SSSR count). The van der Waals surface area contributed by atoms with Gasteiger partial charge in [0.1, 0.15) is 11.4 Å². The highest BCUT2D eigenvalue weighted by Gasteiger charge is 2.19. The van der Waals surface area contributed by atoms with Crippen molar-refractivity contribution in [3.63, 3.8) is 0 Å². The Morgan fingerprint density at radius 2 is 1.92 bits per heavy atom. The molecule has 0 aliphatic heterocycles. The number of benzene rings is 1. The van der Waals surface area contributed by atoms with E-state index in [1.165, 1.54) is 28.5 Å². The zero-order valence-corrected chi connectivity index (χ0v) is 15.8. The van der Waals surface area contributed by atoms with Crippen molar-refractivity contribution in [2.45, 2.75) is 26.8 Å². The van der Waals surface area contributed by atoms with E-state index in [4.69, 9.17) is 5.73 Å². The summed E-state index contributed by atoms with van der Waals surface area (Å²) in [5, 5.41) is 5.63. The average molecular weight is 371 g/mol. The van der Waals surface area contributed by atoms with Gasteiger partial charge in [0.15, 0.2) is 5.13 Å². The third-order valence-corrected chi connectivity index (χ3v) is 4.85. The summed E-state index contributed by atoms with van der Waals surface area (Å²) in [7, 11) is 1.46. The summed E-state index contributed by atoms with van der Waals surface area (Å²) in [6.45, 7) is 4.42. The minimum atomic E-state index is -0.438. The van der Waals surface area contributed by atoms with E-state index in [0.29, 0.717) is 17.4 Å². The van der Waals surface area contributed by atoms with E-state index in [1.54, 1.807) is 5.38 Å². The van der Waals surface area contributed by atoms with Crippen LogP contribution in [0.5, 0.6) is 0 Å². The molecule has 0 atom stereocenters. The van der Waals surface area contributed by atoms with E-state index in [-0.39, 0.29) is 11.4 Å². The third kappa shape index (κ3) is 3.28. The molecule has 0 bridgehead atoms. The van der Waals surface area contributed by atoms with E-state index in [0.717, 1.165) is 16.7 Å². The van der Waals surface area contributed by atoms with Gasteiger partial charge in [-0.1, -0.05) is 24.6 Å². The Hall–Kier alpha value is -2.87. The summed E-state index contributed by atoms with van der Waals surface area (Å²) < 4.78 is 2.50. The number of nitrogen functional groups attached to an aromatic ring is 1. The highest BCUT2D eigenvalue weighted by molar-refractivity contribution is 7.14. The molecule has 2 aromatic heterocycles. The Labute approximate surface area is 154 Å². The lowest BCUT2D eigenvalue weighted by atomic mass is 10.2. The van der Waals surface area contributed by atoms with E-state index in [2.05, 4.69) is 10.3 Å². The number of aromatic nitrogens is 3. The number of hydrogen-bond acceptors (Lipinski definition) is 6. The number of anilines is 3. The first kappa shape index (κ1) is 17.9. The van der Waals surface area contributed by atoms with Gasteiger partial charge in [0.05, 0.1) is 5.69 Å². The number of hydrogen-bond donors (Lipinski definition) is 2. The summed E-state index contributed by atoms with van der Waals surface area (Å²) in [4.78, 5) is 29.4. The smallest absolute Gasteiger partial charge is 0.332 e. The molecule has 3 N–H and O–H groups in total. The molecule has 7 nitrogen and oxygen atoms in total. The predicted molar refractivity (Wildman–Crippen MR) is 106 cm³/mol. The van der Waals surface area contributed by atoms with E-state index in [1.807, 2.05) is 38.1 Å². The first-order valence-corrected chi connectivity index (χ1v) is 9.19. The molecule has 0 radical (unpaired) electrons. The first-order chi connectivity index (χ1) is 12.4. The van der Waals surface area contributed by atoms with Crippen LogP contribution < -0.4 is 22.3 Å². The fraction of sp³-hybridized carbons (Fsp3) is 0.278. The summed E-state index contributed by atoms with van der Waals surface area (Å²) in [6.07, 6.45) is 0.735. The van der Waals surface area contributed by atoms with Crippen molar-refractivity contribution >= 4 is 28.0 Å². The molecule has 0 aliphatic carbocycles.